The Hall–Kier alpha value is -3.20. The van der Waals surface area contributed by atoms with Crippen molar-refractivity contribution in [2.24, 2.45) is 13.0 Å². The molecule has 33 heavy (non-hydrogen) atoms. The number of para-hydroxylation sites is 1. The van der Waals surface area contributed by atoms with Crippen LogP contribution in [0.3, 0.4) is 0 Å². The van der Waals surface area contributed by atoms with E-state index >= 15 is 0 Å². The second kappa shape index (κ2) is 10.2. The third kappa shape index (κ3) is 5.08. The number of benzene rings is 1. The maximum Gasteiger partial charge on any atom is 0.274 e. The summed E-state index contributed by atoms with van der Waals surface area (Å²) < 4.78 is 7.01. The van der Waals surface area contributed by atoms with Gasteiger partial charge in [0.15, 0.2) is 5.69 Å². The number of likely N-dealkylation sites (tertiary alicyclic amines) is 1. The number of aromatic nitrogens is 2. The molecule has 2 aliphatic rings. The van der Waals surface area contributed by atoms with Gasteiger partial charge in [0, 0.05) is 63.2 Å². The van der Waals surface area contributed by atoms with E-state index in [9.17, 15) is 14.4 Å². The Labute approximate surface area is 193 Å². The van der Waals surface area contributed by atoms with Gasteiger partial charge in [-0.15, -0.1) is 0 Å². The summed E-state index contributed by atoms with van der Waals surface area (Å²) in [7, 11) is 1.83. The number of piperidine rings is 1. The van der Waals surface area contributed by atoms with Crippen molar-refractivity contribution in [2.45, 2.75) is 32.7 Å². The smallest absolute Gasteiger partial charge is 0.274 e. The fraction of sp³-hybridized carbons (Fsp3) is 0.500. The van der Waals surface area contributed by atoms with E-state index in [4.69, 9.17) is 4.74 Å². The molecule has 4 rings (SSSR count). The van der Waals surface area contributed by atoms with Crippen molar-refractivity contribution < 1.29 is 19.1 Å². The van der Waals surface area contributed by atoms with Crippen LogP contribution >= 0.6 is 0 Å². The Morgan fingerprint density at radius 1 is 1.15 bits per heavy atom. The monoisotopic (exact) mass is 453 g/mol. The molecule has 1 fully saturated rings. The Kier molecular flexibility index (Phi) is 7.08. The first-order valence-electron chi connectivity index (χ1n) is 11.5. The first-order chi connectivity index (χ1) is 16.0. The van der Waals surface area contributed by atoms with E-state index < -0.39 is 0 Å². The molecule has 9 heteroatoms. The Morgan fingerprint density at radius 2 is 1.94 bits per heavy atom. The first-order valence-corrected chi connectivity index (χ1v) is 11.5. The lowest BCUT2D eigenvalue weighted by Gasteiger charge is -2.32. The van der Waals surface area contributed by atoms with Gasteiger partial charge >= 0.3 is 0 Å². The van der Waals surface area contributed by atoms with E-state index in [1.165, 1.54) is 0 Å². The van der Waals surface area contributed by atoms with Gasteiger partial charge in [0.25, 0.3) is 5.91 Å². The zero-order valence-electron chi connectivity index (χ0n) is 19.2. The molecule has 0 aliphatic carbocycles. The molecule has 176 valence electrons. The molecule has 0 saturated carbocycles. The molecular formula is C24H31N5O4. The number of anilines is 1. The number of hydrogen-bond acceptors (Lipinski definition) is 5. The van der Waals surface area contributed by atoms with Crippen LogP contribution in [0.2, 0.25) is 0 Å². The van der Waals surface area contributed by atoms with Gasteiger partial charge in [-0.2, -0.15) is 5.10 Å². The third-order valence-corrected chi connectivity index (χ3v) is 6.35. The van der Waals surface area contributed by atoms with Crippen LogP contribution in [0.15, 0.2) is 30.3 Å². The molecule has 2 aliphatic heterocycles. The number of ether oxygens (including phenoxy) is 1. The second-order valence-electron chi connectivity index (χ2n) is 8.55. The highest BCUT2D eigenvalue weighted by molar-refractivity contribution is 5.96. The van der Waals surface area contributed by atoms with E-state index in [1.54, 1.807) is 14.5 Å². The summed E-state index contributed by atoms with van der Waals surface area (Å²) in [5, 5.41) is 7.46. The molecule has 1 saturated heterocycles. The van der Waals surface area contributed by atoms with E-state index in [0.717, 1.165) is 29.8 Å². The number of amides is 3. The molecule has 2 aromatic rings. The summed E-state index contributed by atoms with van der Waals surface area (Å²) in [6.07, 6.45) is 2.14. The number of nitrogens with zero attached hydrogens (tertiary/aromatic N) is 4. The third-order valence-electron chi connectivity index (χ3n) is 6.35. The fourth-order valence-corrected chi connectivity index (χ4v) is 4.55. The van der Waals surface area contributed by atoms with Crippen LogP contribution in [0.1, 0.15) is 41.5 Å². The summed E-state index contributed by atoms with van der Waals surface area (Å²) >= 11 is 0. The van der Waals surface area contributed by atoms with Crippen molar-refractivity contribution in [1.29, 1.82) is 0 Å². The molecule has 3 amide bonds. The number of carbonyl (C=O) groups is 3. The second-order valence-corrected chi connectivity index (χ2v) is 8.55. The summed E-state index contributed by atoms with van der Waals surface area (Å²) in [5.41, 5.74) is 2.91. The number of rotatable bonds is 6. The lowest BCUT2D eigenvalue weighted by Crippen LogP contribution is -2.44. The van der Waals surface area contributed by atoms with Gasteiger partial charge in [0.2, 0.25) is 11.8 Å². The van der Waals surface area contributed by atoms with Gasteiger partial charge in [0.05, 0.1) is 5.92 Å². The lowest BCUT2D eigenvalue weighted by atomic mass is 9.96. The number of carbonyl (C=O) groups excluding carboxylic acids is 3. The maximum atomic E-state index is 13.5. The molecule has 1 unspecified atom stereocenters. The van der Waals surface area contributed by atoms with Crippen LogP contribution in [0.25, 0.3) is 0 Å². The molecule has 1 aromatic carbocycles. The van der Waals surface area contributed by atoms with Gasteiger partial charge in [-0.1, -0.05) is 18.2 Å². The highest BCUT2D eigenvalue weighted by atomic mass is 16.5. The van der Waals surface area contributed by atoms with Crippen molar-refractivity contribution >= 4 is 23.4 Å². The van der Waals surface area contributed by atoms with Gasteiger partial charge in [-0.25, -0.2) is 0 Å². The van der Waals surface area contributed by atoms with Crippen LogP contribution < -0.4 is 5.32 Å². The predicted molar refractivity (Wildman–Crippen MR) is 123 cm³/mol. The Bertz CT molecular complexity index is 1020. The summed E-state index contributed by atoms with van der Waals surface area (Å²) in [4.78, 5) is 42.1. The Morgan fingerprint density at radius 3 is 2.70 bits per heavy atom. The van der Waals surface area contributed by atoms with E-state index in [2.05, 4.69) is 10.4 Å². The van der Waals surface area contributed by atoms with Crippen LogP contribution in [0.5, 0.6) is 0 Å². The lowest BCUT2D eigenvalue weighted by molar-refractivity contribution is -0.137. The molecule has 0 radical (unpaired) electrons. The summed E-state index contributed by atoms with van der Waals surface area (Å²) in [5.74, 6) is -0.607. The highest BCUT2D eigenvalue weighted by Gasteiger charge is 2.34. The fourth-order valence-electron chi connectivity index (χ4n) is 4.55. The molecule has 9 nitrogen and oxygen atoms in total. The van der Waals surface area contributed by atoms with Crippen LogP contribution in [0, 0.1) is 5.92 Å². The number of hydrogen-bond donors (Lipinski definition) is 1. The van der Waals surface area contributed by atoms with Crippen molar-refractivity contribution in [3.63, 3.8) is 0 Å². The number of aryl methyl sites for hydroxylation is 1. The van der Waals surface area contributed by atoms with Gasteiger partial charge in [-0.05, 0) is 31.9 Å². The minimum atomic E-state index is -0.272. The maximum absolute atomic E-state index is 13.5. The minimum Gasteiger partial charge on any atom is -0.372 e. The van der Waals surface area contributed by atoms with Gasteiger partial charge in [0.1, 0.15) is 6.61 Å². The summed E-state index contributed by atoms with van der Waals surface area (Å²) in [6.45, 7) is 4.25. The topological polar surface area (TPSA) is 96.8 Å². The molecular weight excluding hydrogens is 422 g/mol. The number of nitrogens with one attached hydrogen (secondary N) is 1. The zero-order chi connectivity index (χ0) is 23.4. The average molecular weight is 454 g/mol. The van der Waals surface area contributed by atoms with Crippen LogP contribution in [0.4, 0.5) is 5.69 Å². The molecule has 1 atom stereocenters. The molecule has 0 bridgehead atoms. The number of fused-ring (bicyclic) bond motifs is 1. The molecule has 1 N–H and O–H groups in total. The van der Waals surface area contributed by atoms with Crippen molar-refractivity contribution in [3.05, 3.63) is 47.3 Å². The molecule has 3 heterocycles. The summed E-state index contributed by atoms with van der Waals surface area (Å²) in [6, 6.07) is 9.35. The average Bonchev–Trinajstić information content (AvgIpc) is 3.18. The Balaban J connectivity index is 1.46. The highest BCUT2D eigenvalue weighted by Crippen LogP contribution is 2.26. The normalized spacial score (nSPS) is 18.1. The van der Waals surface area contributed by atoms with Crippen molar-refractivity contribution in [1.82, 2.24) is 19.6 Å². The van der Waals surface area contributed by atoms with Crippen LogP contribution in [-0.2, 0) is 34.3 Å². The minimum absolute atomic E-state index is 0.0414. The van der Waals surface area contributed by atoms with E-state index in [0.29, 0.717) is 44.9 Å². The quantitative estimate of drug-likeness (QED) is 0.720. The molecule has 1 aromatic heterocycles. The molecule has 0 spiro atoms. The van der Waals surface area contributed by atoms with E-state index in [1.807, 2.05) is 44.3 Å². The largest absolute Gasteiger partial charge is 0.372 e. The first kappa shape index (κ1) is 23.0. The SMILES string of the molecule is CCOCC(=O)N1CCc2c(c(C(=O)N3CCCC(C(=O)Nc4ccccc4)C3)nn2C)C1. The predicted octanol–water partition coefficient (Wildman–Crippen LogP) is 1.83. The zero-order valence-corrected chi connectivity index (χ0v) is 19.2. The van der Waals surface area contributed by atoms with Crippen molar-refractivity contribution in [3.8, 4) is 0 Å². The van der Waals surface area contributed by atoms with Gasteiger partial charge in [-0.3, -0.25) is 19.1 Å². The van der Waals surface area contributed by atoms with E-state index in [-0.39, 0.29) is 30.2 Å². The van der Waals surface area contributed by atoms with Crippen molar-refractivity contribution in [2.75, 3.05) is 38.2 Å². The standard InChI is InChI=1S/C24H31N5O4/c1-3-33-16-21(30)28-13-11-20-19(15-28)22(26-27(20)2)24(32)29-12-7-8-17(14-29)23(31)25-18-9-5-4-6-10-18/h4-6,9-10,17H,3,7-8,11-16H2,1-2H3,(H,25,31). The van der Waals surface area contributed by atoms with Gasteiger partial charge < -0.3 is 19.9 Å². The van der Waals surface area contributed by atoms with Crippen LogP contribution in [-0.4, -0.2) is 70.1 Å².